The standard InChI is InChI=1S/C17H20FNO3S/c1-3-22-12-15-7-5-4-6-14(15)11-19-23(20,21)17-10-13(2)8-9-16(17)18/h4-10,19H,3,11-12H2,1-2H3. The van der Waals surface area contributed by atoms with E-state index in [9.17, 15) is 12.8 Å². The molecule has 0 aromatic heterocycles. The topological polar surface area (TPSA) is 55.4 Å². The normalized spacial score (nSPS) is 11.6. The number of sulfonamides is 1. The third kappa shape index (κ3) is 4.60. The van der Waals surface area contributed by atoms with Gasteiger partial charge in [0.05, 0.1) is 6.61 Å². The van der Waals surface area contributed by atoms with Crippen LogP contribution in [0, 0.1) is 12.7 Å². The minimum Gasteiger partial charge on any atom is -0.377 e. The summed E-state index contributed by atoms with van der Waals surface area (Å²) < 4.78 is 46.3. The van der Waals surface area contributed by atoms with Gasteiger partial charge in [0, 0.05) is 13.2 Å². The lowest BCUT2D eigenvalue weighted by molar-refractivity contribution is 0.133. The Balaban J connectivity index is 2.18. The number of nitrogens with one attached hydrogen (secondary N) is 1. The Morgan fingerprint density at radius 1 is 1.13 bits per heavy atom. The predicted molar refractivity (Wildman–Crippen MR) is 86.9 cm³/mol. The van der Waals surface area contributed by atoms with Crippen LogP contribution in [-0.2, 0) is 27.9 Å². The number of rotatable bonds is 7. The van der Waals surface area contributed by atoms with E-state index in [1.165, 1.54) is 12.1 Å². The molecule has 0 bridgehead atoms. The van der Waals surface area contributed by atoms with Gasteiger partial charge in [0.1, 0.15) is 10.7 Å². The van der Waals surface area contributed by atoms with E-state index in [0.717, 1.165) is 17.2 Å². The van der Waals surface area contributed by atoms with Gasteiger partial charge in [-0.1, -0.05) is 30.3 Å². The highest BCUT2D eigenvalue weighted by molar-refractivity contribution is 7.89. The van der Waals surface area contributed by atoms with E-state index in [1.54, 1.807) is 6.92 Å². The van der Waals surface area contributed by atoms with Crippen LogP contribution >= 0.6 is 0 Å². The summed E-state index contributed by atoms with van der Waals surface area (Å²) >= 11 is 0. The molecule has 1 N–H and O–H groups in total. The second-order valence-electron chi connectivity index (χ2n) is 5.16. The first-order valence-electron chi connectivity index (χ1n) is 7.34. The number of aryl methyl sites for hydroxylation is 1. The summed E-state index contributed by atoms with van der Waals surface area (Å²) in [6.45, 7) is 4.68. The third-order valence-corrected chi connectivity index (χ3v) is 4.83. The van der Waals surface area contributed by atoms with Crippen molar-refractivity contribution in [1.29, 1.82) is 0 Å². The molecule has 0 amide bonds. The van der Waals surface area contributed by atoms with Crippen molar-refractivity contribution >= 4 is 10.0 Å². The van der Waals surface area contributed by atoms with Gasteiger partial charge in [0.25, 0.3) is 0 Å². The summed E-state index contributed by atoms with van der Waals surface area (Å²) in [7, 11) is -3.91. The molecule has 0 aliphatic heterocycles. The number of halogens is 1. The second-order valence-corrected chi connectivity index (χ2v) is 6.90. The van der Waals surface area contributed by atoms with Crippen molar-refractivity contribution in [2.24, 2.45) is 0 Å². The highest BCUT2D eigenvalue weighted by Gasteiger charge is 2.19. The molecule has 0 radical (unpaired) electrons. The summed E-state index contributed by atoms with van der Waals surface area (Å²) in [6, 6.07) is 11.4. The molecule has 2 rings (SSSR count). The molecule has 0 fully saturated rings. The van der Waals surface area contributed by atoms with Crippen molar-refractivity contribution < 1.29 is 17.5 Å². The summed E-state index contributed by atoms with van der Waals surface area (Å²) in [5.41, 5.74) is 2.39. The first kappa shape index (κ1) is 17.6. The molecule has 2 aromatic rings. The lowest BCUT2D eigenvalue weighted by atomic mass is 10.1. The molecule has 0 saturated heterocycles. The summed E-state index contributed by atoms with van der Waals surface area (Å²) in [5.74, 6) is -0.759. The molecule has 2 aromatic carbocycles. The van der Waals surface area contributed by atoms with Gasteiger partial charge < -0.3 is 4.74 Å². The number of hydrogen-bond acceptors (Lipinski definition) is 3. The van der Waals surface area contributed by atoms with Crippen molar-refractivity contribution in [2.75, 3.05) is 6.61 Å². The molecule has 0 aliphatic carbocycles. The molecule has 0 saturated carbocycles. The fourth-order valence-corrected chi connectivity index (χ4v) is 3.32. The molecule has 0 heterocycles. The van der Waals surface area contributed by atoms with Gasteiger partial charge in [0.15, 0.2) is 0 Å². The van der Waals surface area contributed by atoms with E-state index in [1.807, 2.05) is 31.2 Å². The molecule has 124 valence electrons. The second kappa shape index (κ2) is 7.68. The zero-order valence-electron chi connectivity index (χ0n) is 13.2. The molecule has 0 unspecified atom stereocenters. The zero-order chi connectivity index (χ0) is 16.9. The number of hydrogen-bond donors (Lipinski definition) is 1. The van der Waals surface area contributed by atoms with Crippen LogP contribution in [0.5, 0.6) is 0 Å². The quantitative estimate of drug-likeness (QED) is 0.844. The summed E-state index contributed by atoms with van der Waals surface area (Å²) in [4.78, 5) is -0.334. The number of ether oxygens (including phenoxy) is 1. The van der Waals surface area contributed by atoms with Gasteiger partial charge in [-0.25, -0.2) is 17.5 Å². The first-order chi connectivity index (χ1) is 10.9. The fraction of sp³-hybridized carbons (Fsp3) is 0.294. The van der Waals surface area contributed by atoms with Crippen LogP contribution in [0.15, 0.2) is 47.4 Å². The summed E-state index contributed by atoms with van der Waals surface area (Å²) in [5, 5.41) is 0. The van der Waals surface area contributed by atoms with Crippen LogP contribution in [0.3, 0.4) is 0 Å². The van der Waals surface area contributed by atoms with Crippen molar-refractivity contribution in [3.8, 4) is 0 Å². The Labute approximate surface area is 136 Å². The van der Waals surface area contributed by atoms with Gasteiger partial charge in [-0.2, -0.15) is 0 Å². The van der Waals surface area contributed by atoms with Crippen LogP contribution in [0.25, 0.3) is 0 Å². The van der Waals surface area contributed by atoms with Crippen LogP contribution < -0.4 is 4.72 Å². The van der Waals surface area contributed by atoms with Crippen molar-refractivity contribution in [3.05, 3.63) is 65.0 Å². The Morgan fingerprint density at radius 3 is 2.52 bits per heavy atom. The lowest BCUT2D eigenvalue weighted by Crippen LogP contribution is -2.25. The maximum absolute atomic E-state index is 13.8. The van der Waals surface area contributed by atoms with E-state index < -0.39 is 15.8 Å². The monoisotopic (exact) mass is 337 g/mol. The lowest BCUT2D eigenvalue weighted by Gasteiger charge is -2.12. The first-order valence-corrected chi connectivity index (χ1v) is 8.82. The molecule has 0 spiro atoms. The van der Waals surface area contributed by atoms with Crippen LogP contribution in [-0.4, -0.2) is 15.0 Å². The van der Waals surface area contributed by atoms with E-state index in [2.05, 4.69) is 4.72 Å². The van der Waals surface area contributed by atoms with E-state index in [0.29, 0.717) is 18.8 Å². The largest absolute Gasteiger partial charge is 0.377 e. The third-order valence-electron chi connectivity index (χ3n) is 3.41. The van der Waals surface area contributed by atoms with Crippen LogP contribution in [0.2, 0.25) is 0 Å². The van der Waals surface area contributed by atoms with Gasteiger partial charge >= 0.3 is 0 Å². The Bertz CT molecular complexity index is 775. The van der Waals surface area contributed by atoms with Crippen LogP contribution in [0.4, 0.5) is 4.39 Å². The Hall–Kier alpha value is -1.76. The zero-order valence-corrected chi connectivity index (χ0v) is 14.0. The predicted octanol–water partition coefficient (Wildman–Crippen LogP) is 3.15. The number of benzene rings is 2. The SMILES string of the molecule is CCOCc1ccccc1CNS(=O)(=O)c1cc(C)ccc1F. The average molecular weight is 337 g/mol. The van der Waals surface area contributed by atoms with E-state index in [4.69, 9.17) is 4.74 Å². The molecule has 23 heavy (non-hydrogen) atoms. The molecular formula is C17H20FNO3S. The summed E-state index contributed by atoms with van der Waals surface area (Å²) in [6.07, 6.45) is 0. The molecule has 6 heteroatoms. The highest BCUT2D eigenvalue weighted by Crippen LogP contribution is 2.17. The average Bonchev–Trinajstić information content (AvgIpc) is 2.54. The maximum atomic E-state index is 13.8. The fourth-order valence-electron chi connectivity index (χ4n) is 2.15. The Morgan fingerprint density at radius 2 is 1.83 bits per heavy atom. The van der Waals surface area contributed by atoms with Gasteiger partial charge in [-0.05, 0) is 42.7 Å². The molecule has 0 atom stereocenters. The maximum Gasteiger partial charge on any atom is 0.243 e. The van der Waals surface area contributed by atoms with Crippen molar-refractivity contribution in [2.45, 2.75) is 31.9 Å². The van der Waals surface area contributed by atoms with Crippen molar-refractivity contribution in [3.63, 3.8) is 0 Å². The van der Waals surface area contributed by atoms with Crippen LogP contribution in [0.1, 0.15) is 23.6 Å². The Kier molecular flexibility index (Phi) is 5.87. The smallest absolute Gasteiger partial charge is 0.243 e. The molecular weight excluding hydrogens is 317 g/mol. The van der Waals surface area contributed by atoms with E-state index in [-0.39, 0.29) is 11.4 Å². The van der Waals surface area contributed by atoms with Gasteiger partial charge in [-0.3, -0.25) is 0 Å². The van der Waals surface area contributed by atoms with Crippen molar-refractivity contribution in [1.82, 2.24) is 4.72 Å². The van der Waals surface area contributed by atoms with E-state index >= 15 is 0 Å². The van der Waals surface area contributed by atoms with Gasteiger partial charge in [0.2, 0.25) is 10.0 Å². The minimum atomic E-state index is -3.91. The highest BCUT2D eigenvalue weighted by atomic mass is 32.2. The molecule has 4 nitrogen and oxygen atoms in total. The van der Waals surface area contributed by atoms with Gasteiger partial charge in [-0.15, -0.1) is 0 Å². The minimum absolute atomic E-state index is 0.0823. The molecule has 0 aliphatic rings.